The smallest absolute Gasteiger partial charge is 0.255 e. The van der Waals surface area contributed by atoms with E-state index in [1.807, 2.05) is 0 Å². The highest BCUT2D eigenvalue weighted by atomic mass is 16.3. The third kappa shape index (κ3) is 3.12. The molecule has 2 aromatic carbocycles. The van der Waals surface area contributed by atoms with Crippen molar-refractivity contribution < 1.29 is 39.6 Å². The monoisotopic (exact) mass is 495 g/mol. The maximum absolute atomic E-state index is 13.8. The summed E-state index contributed by atoms with van der Waals surface area (Å²) in [7, 11) is 0. The van der Waals surface area contributed by atoms with E-state index in [4.69, 9.17) is 5.73 Å². The van der Waals surface area contributed by atoms with Crippen LogP contribution in [0.2, 0.25) is 0 Å². The van der Waals surface area contributed by atoms with Gasteiger partial charge in [-0.3, -0.25) is 24.1 Å². The van der Waals surface area contributed by atoms with Gasteiger partial charge in [0.2, 0.25) is 11.7 Å². The van der Waals surface area contributed by atoms with Crippen molar-refractivity contribution >= 4 is 34.2 Å². The number of benzene rings is 2. The normalized spacial score (nSPS) is 26.7. The van der Waals surface area contributed by atoms with Gasteiger partial charge in [-0.15, -0.1) is 0 Å². The fourth-order valence-electron chi connectivity index (χ4n) is 5.87. The first-order valence-electron chi connectivity index (χ1n) is 11.5. The fraction of sp³-hybridized carbons (Fsp3) is 0.360. The molecule has 0 saturated carbocycles. The van der Waals surface area contributed by atoms with Gasteiger partial charge in [0, 0.05) is 39.0 Å². The Balaban J connectivity index is 1.70. The van der Waals surface area contributed by atoms with Gasteiger partial charge >= 0.3 is 0 Å². The molecule has 11 heteroatoms. The molecule has 36 heavy (non-hydrogen) atoms. The van der Waals surface area contributed by atoms with Crippen LogP contribution in [-0.4, -0.2) is 91.4 Å². The number of phenols is 2. The number of ketones is 2. The number of amides is 2. The van der Waals surface area contributed by atoms with Gasteiger partial charge in [-0.1, -0.05) is 18.2 Å². The zero-order valence-corrected chi connectivity index (χ0v) is 19.4. The number of hydrogen-bond donors (Lipinski definition) is 5. The van der Waals surface area contributed by atoms with Crippen molar-refractivity contribution in [3.05, 3.63) is 46.7 Å². The largest absolute Gasteiger partial charge is 0.508 e. The third-order valence-electron chi connectivity index (χ3n) is 7.64. The standard InChI is InChI=1S/C25H25N3O8/c1-11(29)27-5-7-28(8-6-27)19-14-10-13-9-12-3-2-4-15(30)16(12)20(31)17(13)22(33)25(14,36)23(34)18(21(19)32)24(26)35/h2-4,9,14,19,30-31,34,36H,5-8,10H2,1H3,(H2,26,35)/t14-,19?,25-/m0/s1. The lowest BCUT2D eigenvalue weighted by Gasteiger charge is -2.50. The Morgan fingerprint density at radius 3 is 2.36 bits per heavy atom. The predicted octanol–water partition coefficient (Wildman–Crippen LogP) is -0.250. The van der Waals surface area contributed by atoms with Gasteiger partial charge in [0.1, 0.15) is 22.8 Å². The van der Waals surface area contributed by atoms with Gasteiger partial charge < -0.3 is 31.1 Å². The number of carbonyl (C=O) groups is 4. The second-order valence-corrected chi connectivity index (χ2v) is 9.48. The summed E-state index contributed by atoms with van der Waals surface area (Å²) in [5.74, 6) is -6.55. The van der Waals surface area contributed by atoms with Gasteiger partial charge in [-0.25, -0.2) is 0 Å². The Morgan fingerprint density at radius 2 is 1.75 bits per heavy atom. The molecule has 2 amide bonds. The lowest BCUT2D eigenvalue weighted by atomic mass is 9.61. The fourth-order valence-corrected chi connectivity index (χ4v) is 5.87. The van der Waals surface area contributed by atoms with E-state index in [1.165, 1.54) is 13.0 Å². The van der Waals surface area contributed by atoms with E-state index in [-0.39, 0.29) is 42.1 Å². The molecule has 3 atom stereocenters. The summed E-state index contributed by atoms with van der Waals surface area (Å²) < 4.78 is 0. The van der Waals surface area contributed by atoms with Crippen LogP contribution in [0.25, 0.3) is 10.8 Å². The molecule has 1 saturated heterocycles. The Morgan fingerprint density at radius 1 is 1.08 bits per heavy atom. The maximum Gasteiger partial charge on any atom is 0.255 e. The molecular weight excluding hydrogens is 470 g/mol. The number of nitrogens with two attached hydrogens (primary N) is 1. The van der Waals surface area contributed by atoms with Crippen LogP contribution in [0.3, 0.4) is 0 Å². The first-order chi connectivity index (χ1) is 17.0. The van der Waals surface area contributed by atoms with Crippen LogP contribution in [0, 0.1) is 5.92 Å². The SMILES string of the molecule is CC(=O)N1CCN(C2C(=O)C(C(N)=O)=C(O)[C@@]3(O)C(=O)c4c(cc5cccc(O)c5c4O)C[C@@H]23)CC1. The topological polar surface area (TPSA) is 182 Å². The van der Waals surface area contributed by atoms with Crippen LogP contribution in [0.1, 0.15) is 22.8 Å². The number of primary amides is 1. The summed E-state index contributed by atoms with van der Waals surface area (Å²) in [6, 6.07) is 4.92. The summed E-state index contributed by atoms with van der Waals surface area (Å²) >= 11 is 0. The molecule has 2 aliphatic carbocycles. The quantitative estimate of drug-likeness (QED) is 0.351. The number of hydrogen-bond acceptors (Lipinski definition) is 9. The molecule has 11 nitrogen and oxygen atoms in total. The van der Waals surface area contributed by atoms with E-state index >= 15 is 0 Å². The van der Waals surface area contributed by atoms with Crippen molar-refractivity contribution in [1.82, 2.24) is 9.80 Å². The molecule has 0 radical (unpaired) electrons. The molecule has 0 spiro atoms. The van der Waals surface area contributed by atoms with E-state index < -0.39 is 52.1 Å². The second-order valence-electron chi connectivity index (χ2n) is 9.48. The third-order valence-corrected chi connectivity index (χ3v) is 7.64. The minimum atomic E-state index is -2.72. The number of phenolic OH excluding ortho intramolecular Hbond substituents is 2. The highest BCUT2D eigenvalue weighted by Crippen LogP contribution is 2.49. The molecule has 0 aromatic heterocycles. The van der Waals surface area contributed by atoms with Crippen LogP contribution in [-0.2, 0) is 20.8 Å². The van der Waals surface area contributed by atoms with Crippen LogP contribution in [0.15, 0.2) is 35.6 Å². The minimum Gasteiger partial charge on any atom is -0.508 e. The zero-order chi connectivity index (χ0) is 26.1. The lowest BCUT2D eigenvalue weighted by molar-refractivity contribution is -0.137. The van der Waals surface area contributed by atoms with E-state index in [0.29, 0.717) is 24.0 Å². The summed E-state index contributed by atoms with van der Waals surface area (Å²) in [6.45, 7) is 2.47. The van der Waals surface area contributed by atoms with E-state index in [2.05, 4.69) is 0 Å². The van der Waals surface area contributed by atoms with Crippen molar-refractivity contribution in [2.45, 2.75) is 25.0 Å². The molecule has 3 aliphatic rings. The van der Waals surface area contributed by atoms with Crippen molar-refractivity contribution in [2.24, 2.45) is 11.7 Å². The van der Waals surface area contributed by atoms with Crippen molar-refractivity contribution in [2.75, 3.05) is 26.2 Å². The number of aromatic hydroxyl groups is 2. The Labute approximate surface area is 205 Å². The first kappa shape index (κ1) is 23.8. The average Bonchev–Trinajstić information content (AvgIpc) is 2.81. The number of fused-ring (bicyclic) bond motifs is 3. The Kier molecular flexibility index (Phi) is 5.31. The number of rotatable bonds is 2. The minimum absolute atomic E-state index is 0.00552. The molecule has 1 unspecified atom stereocenters. The van der Waals surface area contributed by atoms with E-state index in [1.54, 1.807) is 28.0 Å². The zero-order valence-electron chi connectivity index (χ0n) is 19.4. The highest BCUT2D eigenvalue weighted by molar-refractivity contribution is 6.25. The number of piperazine rings is 1. The summed E-state index contributed by atoms with van der Waals surface area (Å²) in [5, 5.41) is 44.3. The van der Waals surface area contributed by atoms with Gasteiger partial charge in [0.05, 0.1) is 17.0 Å². The van der Waals surface area contributed by atoms with Crippen LogP contribution >= 0.6 is 0 Å². The van der Waals surface area contributed by atoms with Gasteiger partial charge in [-0.2, -0.15) is 0 Å². The van der Waals surface area contributed by atoms with Gasteiger partial charge in [0.15, 0.2) is 11.4 Å². The second kappa shape index (κ2) is 8.04. The molecule has 6 N–H and O–H groups in total. The number of aliphatic hydroxyl groups is 2. The number of nitrogens with zero attached hydrogens (tertiary/aromatic N) is 2. The molecule has 188 valence electrons. The lowest BCUT2D eigenvalue weighted by Crippen LogP contribution is -2.67. The Bertz CT molecular complexity index is 1390. The van der Waals surface area contributed by atoms with Crippen molar-refractivity contribution in [1.29, 1.82) is 0 Å². The van der Waals surface area contributed by atoms with Crippen molar-refractivity contribution in [3.63, 3.8) is 0 Å². The molecule has 5 rings (SSSR count). The molecule has 1 fully saturated rings. The Hall–Kier alpha value is -3.96. The number of aliphatic hydroxyl groups excluding tert-OH is 1. The van der Waals surface area contributed by atoms with Crippen molar-refractivity contribution in [3.8, 4) is 11.5 Å². The summed E-state index contributed by atoms with van der Waals surface area (Å²) in [6.07, 6.45) is -0.101. The van der Waals surface area contributed by atoms with E-state index in [0.717, 1.165) is 0 Å². The predicted molar refractivity (Wildman–Crippen MR) is 125 cm³/mol. The van der Waals surface area contributed by atoms with E-state index in [9.17, 15) is 39.6 Å². The summed E-state index contributed by atoms with van der Waals surface area (Å²) in [5.41, 5.74) is 1.81. The van der Waals surface area contributed by atoms with Gasteiger partial charge in [0.25, 0.3) is 5.91 Å². The number of Topliss-reactive ketones (excluding diaryl/α,β-unsaturated/α-hetero) is 2. The molecule has 1 heterocycles. The first-order valence-corrected chi connectivity index (χ1v) is 11.5. The van der Waals surface area contributed by atoms with Crippen LogP contribution in [0.5, 0.6) is 11.5 Å². The molecule has 1 aliphatic heterocycles. The summed E-state index contributed by atoms with van der Waals surface area (Å²) in [4.78, 5) is 54.5. The average molecular weight is 495 g/mol. The maximum atomic E-state index is 13.8. The molecule has 2 aromatic rings. The molecular formula is C25H25N3O8. The highest BCUT2D eigenvalue weighted by Gasteiger charge is 2.62. The van der Waals surface area contributed by atoms with Crippen LogP contribution < -0.4 is 5.73 Å². The van der Waals surface area contributed by atoms with Crippen LogP contribution in [0.4, 0.5) is 0 Å². The number of carbonyl (C=O) groups excluding carboxylic acids is 4. The molecule has 0 bridgehead atoms. The van der Waals surface area contributed by atoms with Gasteiger partial charge in [-0.05, 0) is 23.4 Å².